The molecule has 0 radical (unpaired) electrons. The summed E-state index contributed by atoms with van der Waals surface area (Å²) in [4.78, 5) is 0. The SMILES string of the molecule is C#CCN(CCC)S(=O)(=O)CCOC(C)C. The average Bonchev–Trinajstić information content (AvgIpc) is 2.16. The number of terminal acetylenes is 1. The largest absolute Gasteiger partial charge is 0.378 e. The van der Waals surface area contributed by atoms with Crippen LogP contribution in [-0.4, -0.2) is 44.3 Å². The van der Waals surface area contributed by atoms with E-state index in [2.05, 4.69) is 5.92 Å². The lowest BCUT2D eigenvalue weighted by Crippen LogP contribution is -2.35. The highest BCUT2D eigenvalue weighted by Gasteiger charge is 2.20. The molecule has 0 atom stereocenters. The van der Waals surface area contributed by atoms with Crippen molar-refractivity contribution < 1.29 is 13.2 Å². The summed E-state index contributed by atoms with van der Waals surface area (Å²) in [5.74, 6) is 2.36. The molecule has 5 heteroatoms. The zero-order valence-corrected chi connectivity index (χ0v) is 11.1. The van der Waals surface area contributed by atoms with Crippen molar-refractivity contribution >= 4 is 10.0 Å². The van der Waals surface area contributed by atoms with Gasteiger partial charge >= 0.3 is 0 Å². The maximum atomic E-state index is 11.8. The molecule has 4 nitrogen and oxygen atoms in total. The quantitative estimate of drug-likeness (QED) is 0.603. The molecule has 0 rings (SSSR count). The molecular formula is C11H21NO3S. The highest BCUT2D eigenvalue weighted by Crippen LogP contribution is 2.03. The number of hydrogen-bond acceptors (Lipinski definition) is 3. The van der Waals surface area contributed by atoms with Crippen LogP contribution < -0.4 is 0 Å². The molecule has 16 heavy (non-hydrogen) atoms. The second-order valence-corrected chi connectivity index (χ2v) is 5.86. The molecule has 0 aromatic heterocycles. The Bertz CT molecular complexity index is 317. The van der Waals surface area contributed by atoms with Crippen LogP contribution in [0, 0.1) is 12.3 Å². The van der Waals surface area contributed by atoms with Gasteiger partial charge in [0.1, 0.15) is 0 Å². The maximum absolute atomic E-state index is 11.8. The Morgan fingerprint density at radius 3 is 2.50 bits per heavy atom. The fourth-order valence-electron chi connectivity index (χ4n) is 1.19. The molecule has 0 fully saturated rings. The van der Waals surface area contributed by atoms with Crippen LogP contribution >= 0.6 is 0 Å². The van der Waals surface area contributed by atoms with Crippen LogP contribution in [0.1, 0.15) is 27.2 Å². The summed E-state index contributed by atoms with van der Waals surface area (Å²) in [5.41, 5.74) is 0. The fraction of sp³-hybridized carbons (Fsp3) is 0.818. The van der Waals surface area contributed by atoms with E-state index < -0.39 is 10.0 Å². The molecule has 0 bridgehead atoms. The van der Waals surface area contributed by atoms with E-state index in [0.29, 0.717) is 6.54 Å². The number of ether oxygens (including phenoxy) is 1. The molecule has 0 aromatic carbocycles. The van der Waals surface area contributed by atoms with E-state index in [1.165, 1.54) is 4.31 Å². The lowest BCUT2D eigenvalue weighted by Gasteiger charge is -2.19. The maximum Gasteiger partial charge on any atom is 0.217 e. The lowest BCUT2D eigenvalue weighted by atomic mass is 10.5. The topological polar surface area (TPSA) is 46.6 Å². The first-order valence-electron chi connectivity index (χ1n) is 5.47. The van der Waals surface area contributed by atoms with E-state index in [9.17, 15) is 8.42 Å². The molecule has 94 valence electrons. The van der Waals surface area contributed by atoms with Gasteiger partial charge in [0.15, 0.2) is 0 Å². The van der Waals surface area contributed by atoms with Crippen molar-refractivity contribution in [3.63, 3.8) is 0 Å². The zero-order chi connectivity index (χ0) is 12.6. The van der Waals surface area contributed by atoms with Gasteiger partial charge < -0.3 is 4.74 Å². The predicted octanol–water partition coefficient (Wildman–Crippen LogP) is 1.09. The lowest BCUT2D eigenvalue weighted by molar-refractivity contribution is 0.0907. The van der Waals surface area contributed by atoms with Gasteiger partial charge in [-0.3, -0.25) is 0 Å². The van der Waals surface area contributed by atoms with E-state index >= 15 is 0 Å². The van der Waals surface area contributed by atoms with Gasteiger partial charge in [0.25, 0.3) is 0 Å². The van der Waals surface area contributed by atoms with E-state index in [1.54, 1.807) is 0 Å². The minimum atomic E-state index is -3.28. The Labute approximate surface area is 99.0 Å². The first-order valence-corrected chi connectivity index (χ1v) is 7.07. The number of sulfonamides is 1. The van der Waals surface area contributed by atoms with Crippen molar-refractivity contribution in [2.24, 2.45) is 0 Å². The molecule has 0 aliphatic heterocycles. The molecule has 0 heterocycles. The molecule has 0 spiro atoms. The third-order valence-electron chi connectivity index (χ3n) is 1.93. The summed E-state index contributed by atoms with van der Waals surface area (Å²) in [6.07, 6.45) is 5.95. The molecule has 0 saturated heterocycles. The van der Waals surface area contributed by atoms with Crippen molar-refractivity contribution in [2.45, 2.75) is 33.3 Å². The van der Waals surface area contributed by atoms with Crippen LogP contribution in [-0.2, 0) is 14.8 Å². The van der Waals surface area contributed by atoms with Gasteiger partial charge in [-0.15, -0.1) is 6.42 Å². The minimum Gasteiger partial charge on any atom is -0.378 e. The third kappa shape index (κ3) is 6.11. The second-order valence-electron chi connectivity index (χ2n) is 3.77. The third-order valence-corrected chi connectivity index (χ3v) is 3.71. The standard InChI is InChI=1S/C11H21NO3S/c1-5-7-12(8-6-2)16(13,14)10-9-15-11(3)4/h1,11H,6-10H2,2-4H3. The highest BCUT2D eigenvalue weighted by molar-refractivity contribution is 7.89. The Kier molecular flexibility index (Phi) is 7.39. The normalized spacial score (nSPS) is 12.0. The molecule has 0 aliphatic rings. The van der Waals surface area contributed by atoms with Crippen molar-refractivity contribution in [3.8, 4) is 12.3 Å². The predicted molar refractivity (Wildman–Crippen MR) is 65.6 cm³/mol. The van der Waals surface area contributed by atoms with Gasteiger partial charge in [0, 0.05) is 6.54 Å². The Morgan fingerprint density at radius 2 is 2.06 bits per heavy atom. The zero-order valence-electron chi connectivity index (χ0n) is 10.3. The summed E-state index contributed by atoms with van der Waals surface area (Å²) in [6, 6.07) is 0. The molecular weight excluding hydrogens is 226 g/mol. The van der Waals surface area contributed by atoms with Gasteiger partial charge in [-0.25, -0.2) is 8.42 Å². The van der Waals surface area contributed by atoms with Crippen LogP contribution in [0.5, 0.6) is 0 Å². The van der Waals surface area contributed by atoms with E-state index in [0.717, 1.165) is 6.42 Å². The van der Waals surface area contributed by atoms with Crippen molar-refractivity contribution in [1.82, 2.24) is 4.31 Å². The highest BCUT2D eigenvalue weighted by atomic mass is 32.2. The van der Waals surface area contributed by atoms with Crippen LogP contribution in [0.2, 0.25) is 0 Å². The Morgan fingerprint density at radius 1 is 1.44 bits per heavy atom. The second kappa shape index (κ2) is 7.66. The summed E-state index contributed by atoms with van der Waals surface area (Å²) in [7, 11) is -3.28. The molecule has 0 N–H and O–H groups in total. The number of nitrogens with zero attached hydrogens (tertiary/aromatic N) is 1. The van der Waals surface area contributed by atoms with E-state index in [1.807, 2.05) is 20.8 Å². The molecule has 0 saturated carbocycles. The summed E-state index contributed by atoms with van der Waals surface area (Å²) in [6.45, 7) is 6.48. The Hall–Kier alpha value is -0.570. The van der Waals surface area contributed by atoms with Gasteiger partial charge in [0.05, 0.1) is 25.0 Å². The summed E-state index contributed by atoms with van der Waals surface area (Å²) >= 11 is 0. The molecule has 0 amide bonds. The number of rotatable bonds is 8. The van der Waals surface area contributed by atoms with Crippen LogP contribution in [0.25, 0.3) is 0 Å². The molecule has 0 aromatic rings. The average molecular weight is 247 g/mol. The van der Waals surface area contributed by atoms with Crippen LogP contribution in [0.15, 0.2) is 0 Å². The van der Waals surface area contributed by atoms with Crippen molar-refractivity contribution in [1.29, 1.82) is 0 Å². The van der Waals surface area contributed by atoms with Crippen molar-refractivity contribution in [3.05, 3.63) is 0 Å². The van der Waals surface area contributed by atoms with E-state index in [4.69, 9.17) is 11.2 Å². The number of hydrogen-bond donors (Lipinski definition) is 0. The van der Waals surface area contributed by atoms with Gasteiger partial charge in [-0.2, -0.15) is 4.31 Å². The van der Waals surface area contributed by atoms with Gasteiger partial charge in [-0.1, -0.05) is 12.8 Å². The van der Waals surface area contributed by atoms with Gasteiger partial charge in [-0.05, 0) is 20.3 Å². The van der Waals surface area contributed by atoms with Crippen LogP contribution in [0.3, 0.4) is 0 Å². The summed E-state index contributed by atoms with van der Waals surface area (Å²) in [5, 5.41) is 0. The first-order chi connectivity index (χ1) is 7.44. The van der Waals surface area contributed by atoms with E-state index in [-0.39, 0.29) is 25.0 Å². The smallest absolute Gasteiger partial charge is 0.217 e. The molecule has 0 unspecified atom stereocenters. The molecule has 0 aliphatic carbocycles. The van der Waals surface area contributed by atoms with Crippen LogP contribution in [0.4, 0.5) is 0 Å². The first kappa shape index (κ1) is 15.4. The van der Waals surface area contributed by atoms with Gasteiger partial charge in [0.2, 0.25) is 10.0 Å². The minimum absolute atomic E-state index is 0.00708. The monoisotopic (exact) mass is 247 g/mol. The Balaban J connectivity index is 4.31. The summed E-state index contributed by atoms with van der Waals surface area (Å²) < 4.78 is 30.2. The fourth-order valence-corrected chi connectivity index (χ4v) is 2.48. The van der Waals surface area contributed by atoms with Crippen molar-refractivity contribution in [2.75, 3.05) is 25.4 Å².